The molecule has 250 valence electrons. The van der Waals surface area contributed by atoms with Gasteiger partial charge >= 0.3 is 5.97 Å². The Balaban J connectivity index is 1.49. The summed E-state index contributed by atoms with van der Waals surface area (Å²) in [6.45, 7) is 6.14. The molecule has 0 bridgehead atoms. The molecule has 2 aromatic heterocycles. The number of allylic oxidation sites excluding steroid dienone is 1. The number of nitrogens with zero attached hydrogens (tertiary/aromatic N) is 6. The summed E-state index contributed by atoms with van der Waals surface area (Å²) in [5.74, 6) is 0.0779. The summed E-state index contributed by atoms with van der Waals surface area (Å²) in [4.78, 5) is 45.6. The topological polar surface area (TPSA) is 135 Å². The van der Waals surface area contributed by atoms with Crippen LogP contribution in [0.4, 0.5) is 5.69 Å². The summed E-state index contributed by atoms with van der Waals surface area (Å²) in [7, 11) is 0. The van der Waals surface area contributed by atoms with Gasteiger partial charge in [-0.05, 0) is 86.3 Å². The molecule has 0 N–H and O–H groups in total. The molecule has 3 heterocycles. The van der Waals surface area contributed by atoms with Gasteiger partial charge < -0.3 is 9.30 Å². The first-order valence-electron chi connectivity index (χ1n) is 15.1. The van der Waals surface area contributed by atoms with E-state index < -0.39 is 16.9 Å². The maximum atomic E-state index is 14.3. The number of non-ortho nitro benzene ring substituents is 1. The van der Waals surface area contributed by atoms with Gasteiger partial charge in [0.05, 0.1) is 33.4 Å². The maximum absolute atomic E-state index is 14.3. The first-order chi connectivity index (χ1) is 23.6. The SMILES string of the molecule is CCOC(=O)C1=C(C)N=c2s/c(=C/c3cc([N+](=O)[O-])ccc3Sc3nnc(-c4cccc(Cl)c4)n3CC)c(=O)n2[C@@H]1c1ccc(SC)cc1. The predicted molar refractivity (Wildman–Crippen MR) is 192 cm³/mol. The van der Waals surface area contributed by atoms with Crippen LogP contribution >= 0.6 is 46.5 Å². The minimum Gasteiger partial charge on any atom is -0.463 e. The van der Waals surface area contributed by atoms with Crippen molar-refractivity contribution in [2.45, 2.75) is 48.3 Å². The Morgan fingerprint density at radius 2 is 1.90 bits per heavy atom. The maximum Gasteiger partial charge on any atom is 0.338 e. The summed E-state index contributed by atoms with van der Waals surface area (Å²) in [6, 6.07) is 18.7. The molecule has 49 heavy (non-hydrogen) atoms. The van der Waals surface area contributed by atoms with Gasteiger partial charge in [0.15, 0.2) is 15.8 Å². The van der Waals surface area contributed by atoms with Gasteiger partial charge in [0.2, 0.25) is 0 Å². The molecular formula is C34H29ClN6O5S3. The average Bonchev–Trinajstić information content (AvgIpc) is 3.64. The van der Waals surface area contributed by atoms with Gasteiger partial charge in [-0.15, -0.1) is 22.0 Å². The smallest absolute Gasteiger partial charge is 0.338 e. The van der Waals surface area contributed by atoms with E-state index in [1.165, 1.54) is 28.5 Å². The molecule has 1 aliphatic heterocycles. The Kier molecular flexibility index (Phi) is 10.2. The number of carbonyl (C=O) groups excluding carboxylic acids is 1. The third kappa shape index (κ3) is 6.86. The number of benzene rings is 3. The fourth-order valence-electron chi connectivity index (χ4n) is 5.48. The second-order valence-electron chi connectivity index (χ2n) is 10.7. The number of nitro groups is 1. The van der Waals surface area contributed by atoms with Crippen molar-refractivity contribution in [3.63, 3.8) is 0 Å². The van der Waals surface area contributed by atoms with Crippen LogP contribution in [0.2, 0.25) is 5.02 Å². The number of esters is 1. The van der Waals surface area contributed by atoms with E-state index in [1.807, 2.05) is 60.2 Å². The molecule has 0 fully saturated rings. The Labute approximate surface area is 298 Å². The Morgan fingerprint density at radius 1 is 1.12 bits per heavy atom. The minimum atomic E-state index is -0.777. The summed E-state index contributed by atoms with van der Waals surface area (Å²) in [5.41, 5.74) is 2.18. The zero-order valence-electron chi connectivity index (χ0n) is 26.7. The molecule has 0 unspecified atom stereocenters. The van der Waals surface area contributed by atoms with E-state index in [9.17, 15) is 19.7 Å². The Morgan fingerprint density at radius 3 is 2.57 bits per heavy atom. The van der Waals surface area contributed by atoms with Gasteiger partial charge in [0, 0.05) is 39.1 Å². The normalized spacial score (nSPS) is 14.5. The van der Waals surface area contributed by atoms with E-state index in [4.69, 9.17) is 16.3 Å². The van der Waals surface area contributed by atoms with Crippen molar-refractivity contribution in [1.82, 2.24) is 19.3 Å². The molecule has 0 radical (unpaired) electrons. The fraction of sp³-hybridized carbons (Fsp3) is 0.206. The lowest BCUT2D eigenvalue weighted by Crippen LogP contribution is -2.39. The van der Waals surface area contributed by atoms with E-state index in [1.54, 1.807) is 43.8 Å². The number of hydrogen-bond acceptors (Lipinski definition) is 11. The first-order valence-corrected chi connectivity index (χ1v) is 18.4. The third-order valence-corrected chi connectivity index (χ3v) is 10.8. The lowest BCUT2D eigenvalue weighted by atomic mass is 9.96. The van der Waals surface area contributed by atoms with Gasteiger partial charge in [-0.2, -0.15) is 0 Å². The van der Waals surface area contributed by atoms with Crippen molar-refractivity contribution in [3.05, 3.63) is 124 Å². The van der Waals surface area contributed by atoms with Crippen LogP contribution in [-0.2, 0) is 16.1 Å². The number of fused-ring (bicyclic) bond motifs is 1. The minimum absolute atomic E-state index is 0.132. The molecule has 0 spiro atoms. The highest BCUT2D eigenvalue weighted by Crippen LogP contribution is 2.35. The van der Waals surface area contributed by atoms with E-state index in [-0.39, 0.29) is 23.4 Å². The molecule has 3 aromatic carbocycles. The molecule has 1 aliphatic rings. The molecule has 0 saturated carbocycles. The highest BCUT2D eigenvalue weighted by molar-refractivity contribution is 7.99. The first kappa shape index (κ1) is 34.4. The van der Waals surface area contributed by atoms with Crippen molar-refractivity contribution in [3.8, 4) is 11.4 Å². The second-order valence-corrected chi connectivity index (χ2v) is 14.1. The lowest BCUT2D eigenvalue weighted by Gasteiger charge is -2.24. The van der Waals surface area contributed by atoms with E-state index >= 15 is 0 Å². The molecule has 11 nitrogen and oxygen atoms in total. The molecule has 15 heteroatoms. The molecule has 0 aliphatic carbocycles. The van der Waals surface area contributed by atoms with Gasteiger partial charge in [-0.3, -0.25) is 19.5 Å². The summed E-state index contributed by atoms with van der Waals surface area (Å²) >= 11 is 10.2. The number of rotatable bonds is 10. The number of halogens is 1. The van der Waals surface area contributed by atoms with Crippen LogP contribution in [0.15, 0.2) is 103 Å². The standard InChI is InChI=1S/C34H29ClN6O5S3/c1-5-39-30(21-8-7-9-23(35)16-21)37-38-34(39)48-26-15-12-24(41(44)45)17-22(26)18-27-31(42)40-29(20-10-13-25(47-4)14-11-20)28(32(43)46-6-2)19(3)36-33(40)49-27/h7-18,29H,5-6H2,1-4H3/b27-18+/t29-/m1/s1. The highest BCUT2D eigenvalue weighted by Gasteiger charge is 2.33. The predicted octanol–water partition coefficient (Wildman–Crippen LogP) is 6.51. The van der Waals surface area contributed by atoms with Crippen molar-refractivity contribution >= 4 is 64.2 Å². The molecule has 5 aromatic rings. The summed E-state index contributed by atoms with van der Waals surface area (Å²) in [5, 5.41) is 21.8. The molecule has 0 amide bonds. The summed E-state index contributed by atoms with van der Waals surface area (Å²) < 4.78 is 9.12. The third-order valence-electron chi connectivity index (χ3n) is 7.76. The number of carbonyl (C=O) groups is 1. The van der Waals surface area contributed by atoms with E-state index in [0.29, 0.717) is 48.0 Å². The van der Waals surface area contributed by atoms with Gasteiger partial charge in [0.1, 0.15) is 0 Å². The van der Waals surface area contributed by atoms with Crippen LogP contribution < -0.4 is 14.9 Å². The van der Waals surface area contributed by atoms with Gasteiger partial charge in [-0.25, -0.2) is 9.79 Å². The van der Waals surface area contributed by atoms with Crippen molar-refractivity contribution in [2.24, 2.45) is 4.99 Å². The number of nitro benzene ring substituents is 1. The highest BCUT2D eigenvalue weighted by atomic mass is 35.5. The van der Waals surface area contributed by atoms with E-state index in [0.717, 1.165) is 27.4 Å². The largest absolute Gasteiger partial charge is 0.463 e. The van der Waals surface area contributed by atoms with Crippen molar-refractivity contribution < 1.29 is 14.5 Å². The van der Waals surface area contributed by atoms with Crippen LogP contribution in [0.3, 0.4) is 0 Å². The van der Waals surface area contributed by atoms with Crippen LogP contribution in [0.25, 0.3) is 17.5 Å². The van der Waals surface area contributed by atoms with Gasteiger partial charge in [-0.1, -0.05) is 47.2 Å². The van der Waals surface area contributed by atoms with Crippen LogP contribution in [0, 0.1) is 10.1 Å². The number of hydrogen-bond donors (Lipinski definition) is 0. The second kappa shape index (κ2) is 14.5. The molecular weight excluding hydrogens is 704 g/mol. The summed E-state index contributed by atoms with van der Waals surface area (Å²) in [6.07, 6.45) is 3.60. The lowest BCUT2D eigenvalue weighted by molar-refractivity contribution is -0.384. The number of aromatic nitrogens is 4. The number of thioether (sulfide) groups is 1. The Hall–Kier alpha value is -4.50. The van der Waals surface area contributed by atoms with Crippen LogP contribution in [-0.4, -0.2) is 43.1 Å². The monoisotopic (exact) mass is 732 g/mol. The van der Waals surface area contributed by atoms with E-state index in [2.05, 4.69) is 15.2 Å². The molecule has 6 rings (SSSR count). The number of ether oxygens (including phenoxy) is 1. The van der Waals surface area contributed by atoms with Crippen LogP contribution in [0.5, 0.6) is 0 Å². The van der Waals surface area contributed by atoms with Gasteiger partial charge in [0.25, 0.3) is 11.2 Å². The zero-order chi connectivity index (χ0) is 34.8. The fourth-order valence-corrected chi connectivity index (χ4v) is 8.09. The zero-order valence-corrected chi connectivity index (χ0v) is 30.0. The molecule has 0 saturated heterocycles. The quantitative estimate of drug-likeness (QED) is 0.0682. The van der Waals surface area contributed by atoms with Crippen molar-refractivity contribution in [1.29, 1.82) is 0 Å². The number of thiazole rings is 1. The Bertz CT molecular complexity index is 2310. The molecule has 1 atom stereocenters. The van der Waals surface area contributed by atoms with Crippen LogP contribution in [0.1, 0.15) is 37.9 Å². The van der Waals surface area contributed by atoms with Crippen molar-refractivity contribution in [2.75, 3.05) is 12.9 Å². The average molecular weight is 733 g/mol.